The van der Waals surface area contributed by atoms with Crippen molar-refractivity contribution in [3.05, 3.63) is 59.2 Å². The van der Waals surface area contributed by atoms with Crippen LogP contribution in [0.4, 0.5) is 20.2 Å². The van der Waals surface area contributed by atoms with E-state index in [0.717, 1.165) is 6.07 Å². The minimum absolute atomic E-state index is 0.110. The summed E-state index contributed by atoms with van der Waals surface area (Å²) in [6.07, 6.45) is 0. The second-order valence-corrected chi connectivity index (χ2v) is 4.22. The van der Waals surface area contributed by atoms with Crippen molar-refractivity contribution in [2.75, 3.05) is 11.1 Å². The fourth-order valence-electron chi connectivity index (χ4n) is 1.79. The first-order valence-electron chi connectivity index (χ1n) is 5.85. The first kappa shape index (κ1) is 13.8. The summed E-state index contributed by atoms with van der Waals surface area (Å²) >= 11 is 0. The van der Waals surface area contributed by atoms with Crippen LogP contribution in [0.1, 0.15) is 15.9 Å². The fraction of sp³-hybridized carbons (Fsp3) is 0.0714. The van der Waals surface area contributed by atoms with Gasteiger partial charge in [-0.05, 0) is 18.2 Å². The maximum absolute atomic E-state index is 13.5. The largest absolute Gasteiger partial charge is 0.396 e. The lowest BCUT2D eigenvalue weighted by Gasteiger charge is -2.12. The fourth-order valence-corrected chi connectivity index (χ4v) is 1.79. The molecule has 0 radical (unpaired) electrons. The second kappa shape index (κ2) is 5.56. The van der Waals surface area contributed by atoms with Gasteiger partial charge in [0.05, 0.1) is 16.9 Å². The van der Waals surface area contributed by atoms with Crippen LogP contribution in [0, 0.1) is 11.6 Å². The molecular weight excluding hydrogens is 264 g/mol. The molecule has 5 N–H and O–H groups in total. The smallest absolute Gasteiger partial charge is 0.250 e. The zero-order valence-electron chi connectivity index (χ0n) is 10.5. The summed E-state index contributed by atoms with van der Waals surface area (Å²) in [5.41, 5.74) is 12.1. The number of nitrogen functional groups attached to an aromatic ring is 1. The molecular formula is C14H13F2N3O. The number of nitrogens with two attached hydrogens (primary N) is 2. The van der Waals surface area contributed by atoms with Crippen LogP contribution in [-0.2, 0) is 6.54 Å². The van der Waals surface area contributed by atoms with Crippen LogP contribution in [-0.4, -0.2) is 5.91 Å². The first-order chi connectivity index (χ1) is 9.49. The quantitative estimate of drug-likeness (QED) is 0.750. The summed E-state index contributed by atoms with van der Waals surface area (Å²) in [7, 11) is 0. The van der Waals surface area contributed by atoms with Gasteiger partial charge in [0.2, 0.25) is 0 Å². The molecule has 2 rings (SSSR count). The zero-order chi connectivity index (χ0) is 14.7. The Morgan fingerprint density at radius 2 is 1.95 bits per heavy atom. The van der Waals surface area contributed by atoms with Gasteiger partial charge in [0, 0.05) is 18.2 Å². The predicted octanol–water partition coefficient (Wildman–Crippen LogP) is 2.26. The van der Waals surface area contributed by atoms with Crippen molar-refractivity contribution in [3.8, 4) is 0 Å². The molecule has 0 saturated carbocycles. The van der Waals surface area contributed by atoms with E-state index in [9.17, 15) is 13.6 Å². The molecule has 20 heavy (non-hydrogen) atoms. The Labute approximate surface area is 114 Å². The maximum Gasteiger partial charge on any atom is 0.250 e. The highest BCUT2D eigenvalue weighted by atomic mass is 19.1. The number of hydrogen-bond donors (Lipinski definition) is 3. The van der Waals surface area contributed by atoms with Crippen molar-refractivity contribution in [2.45, 2.75) is 6.54 Å². The molecule has 0 aromatic heterocycles. The molecule has 0 unspecified atom stereocenters. The number of para-hydroxylation sites is 1. The highest BCUT2D eigenvalue weighted by Gasteiger charge is 2.10. The molecule has 2 aromatic rings. The lowest BCUT2D eigenvalue weighted by molar-refractivity contribution is 0.100. The molecule has 0 fully saturated rings. The average molecular weight is 277 g/mol. The van der Waals surface area contributed by atoms with E-state index in [0.29, 0.717) is 5.69 Å². The third-order valence-electron chi connectivity index (χ3n) is 2.86. The van der Waals surface area contributed by atoms with Crippen molar-refractivity contribution >= 4 is 17.3 Å². The van der Waals surface area contributed by atoms with Crippen LogP contribution in [0.25, 0.3) is 0 Å². The van der Waals surface area contributed by atoms with E-state index in [1.54, 1.807) is 12.1 Å². The van der Waals surface area contributed by atoms with E-state index in [-0.39, 0.29) is 23.4 Å². The molecule has 0 atom stereocenters. The van der Waals surface area contributed by atoms with Gasteiger partial charge < -0.3 is 16.8 Å². The van der Waals surface area contributed by atoms with Gasteiger partial charge in [0.15, 0.2) is 0 Å². The van der Waals surface area contributed by atoms with Gasteiger partial charge in [-0.15, -0.1) is 0 Å². The number of carbonyl (C=O) groups excluding carboxylic acids is 1. The van der Waals surface area contributed by atoms with Crippen molar-refractivity contribution in [1.82, 2.24) is 0 Å². The summed E-state index contributed by atoms with van der Waals surface area (Å²) in [5.74, 6) is -1.93. The number of primary amides is 1. The number of amides is 1. The van der Waals surface area contributed by atoms with Crippen LogP contribution < -0.4 is 16.8 Å². The molecule has 0 bridgehead atoms. The van der Waals surface area contributed by atoms with Crippen LogP contribution >= 0.6 is 0 Å². The summed E-state index contributed by atoms with van der Waals surface area (Å²) in [5, 5.41) is 2.89. The lowest BCUT2D eigenvalue weighted by atomic mass is 10.1. The standard InChI is InChI=1S/C14H13F2N3O/c15-9-5-4-8(11(16)6-9)7-19-12-3-1-2-10(13(12)17)14(18)20/h1-6,19H,7,17H2,(H2,18,20). The van der Waals surface area contributed by atoms with Crippen LogP contribution in [0.5, 0.6) is 0 Å². The van der Waals surface area contributed by atoms with Crippen molar-refractivity contribution in [2.24, 2.45) is 5.73 Å². The van der Waals surface area contributed by atoms with Crippen LogP contribution in [0.3, 0.4) is 0 Å². The molecule has 0 aliphatic rings. The Balaban J connectivity index is 2.19. The first-order valence-corrected chi connectivity index (χ1v) is 5.85. The summed E-state index contributed by atoms with van der Waals surface area (Å²) < 4.78 is 26.3. The minimum atomic E-state index is -0.651. The topological polar surface area (TPSA) is 81.1 Å². The monoisotopic (exact) mass is 277 g/mol. The average Bonchev–Trinajstić information content (AvgIpc) is 2.39. The van der Waals surface area contributed by atoms with E-state index >= 15 is 0 Å². The van der Waals surface area contributed by atoms with E-state index in [1.807, 2.05) is 0 Å². The highest BCUT2D eigenvalue weighted by molar-refractivity contribution is 6.00. The molecule has 1 amide bonds. The van der Waals surface area contributed by atoms with Gasteiger partial charge >= 0.3 is 0 Å². The van der Waals surface area contributed by atoms with Gasteiger partial charge in [-0.3, -0.25) is 4.79 Å². The lowest BCUT2D eigenvalue weighted by Crippen LogP contribution is -2.15. The minimum Gasteiger partial charge on any atom is -0.396 e. The molecule has 2 aromatic carbocycles. The third-order valence-corrected chi connectivity index (χ3v) is 2.86. The maximum atomic E-state index is 13.5. The molecule has 104 valence electrons. The number of benzene rings is 2. The Bertz CT molecular complexity index is 659. The molecule has 0 heterocycles. The molecule has 4 nitrogen and oxygen atoms in total. The summed E-state index contributed by atoms with van der Waals surface area (Å²) in [4.78, 5) is 11.2. The molecule has 6 heteroatoms. The molecule has 0 saturated heterocycles. The number of hydrogen-bond acceptors (Lipinski definition) is 3. The van der Waals surface area contributed by atoms with Gasteiger partial charge in [-0.2, -0.15) is 0 Å². The van der Waals surface area contributed by atoms with Gasteiger partial charge in [0.1, 0.15) is 11.6 Å². The molecule has 0 spiro atoms. The zero-order valence-corrected chi connectivity index (χ0v) is 10.5. The van der Waals surface area contributed by atoms with Crippen LogP contribution in [0.15, 0.2) is 36.4 Å². The summed E-state index contributed by atoms with van der Waals surface area (Å²) in [6, 6.07) is 8.07. The number of rotatable bonds is 4. The van der Waals surface area contributed by atoms with E-state index < -0.39 is 17.5 Å². The predicted molar refractivity (Wildman–Crippen MR) is 73.1 cm³/mol. The Hall–Kier alpha value is -2.63. The Kier molecular flexibility index (Phi) is 3.84. The normalized spacial score (nSPS) is 10.3. The summed E-state index contributed by atoms with van der Waals surface area (Å²) in [6.45, 7) is 0.110. The van der Waals surface area contributed by atoms with E-state index in [2.05, 4.69) is 5.32 Å². The van der Waals surface area contributed by atoms with Crippen molar-refractivity contribution in [3.63, 3.8) is 0 Å². The van der Waals surface area contributed by atoms with Gasteiger partial charge in [0.25, 0.3) is 5.91 Å². The Morgan fingerprint density at radius 3 is 2.60 bits per heavy atom. The van der Waals surface area contributed by atoms with E-state index in [4.69, 9.17) is 11.5 Å². The third kappa shape index (κ3) is 2.85. The van der Waals surface area contributed by atoms with Gasteiger partial charge in [-0.1, -0.05) is 12.1 Å². The number of halogens is 2. The van der Waals surface area contributed by atoms with Crippen molar-refractivity contribution < 1.29 is 13.6 Å². The number of carbonyl (C=O) groups is 1. The SMILES string of the molecule is NC(=O)c1cccc(NCc2ccc(F)cc2F)c1N. The number of nitrogens with one attached hydrogen (secondary N) is 1. The van der Waals surface area contributed by atoms with Crippen molar-refractivity contribution in [1.29, 1.82) is 0 Å². The molecule has 0 aliphatic carbocycles. The highest BCUT2D eigenvalue weighted by Crippen LogP contribution is 2.23. The number of anilines is 2. The van der Waals surface area contributed by atoms with E-state index in [1.165, 1.54) is 18.2 Å². The molecule has 0 aliphatic heterocycles. The second-order valence-electron chi connectivity index (χ2n) is 4.22. The Morgan fingerprint density at radius 1 is 1.20 bits per heavy atom. The van der Waals surface area contributed by atoms with Gasteiger partial charge in [-0.25, -0.2) is 8.78 Å². The van der Waals surface area contributed by atoms with Crippen LogP contribution in [0.2, 0.25) is 0 Å².